The first-order valence-corrected chi connectivity index (χ1v) is 11.1. The van der Waals surface area contributed by atoms with Crippen LogP contribution in [0.2, 0.25) is 0 Å². The Morgan fingerprint density at radius 1 is 1.28 bits per heavy atom. The standard InChI is InChI=1S/C23H31ClFN3O/c1-28-16-18(14-19(25)21(28)24)15-26-12-9-22(20-6-2-5-11-27-20)10-13-29-23(17-22)7-3-4-8-23/h2,5-6,11,14,26H,3-4,7-10,12-13,15-17H2,1H3/t22-/m1/s1. The molecular formula is C23H31ClFN3O. The van der Waals surface area contributed by atoms with Gasteiger partial charge in [0.05, 0.1) is 5.60 Å². The molecule has 2 aliphatic heterocycles. The summed E-state index contributed by atoms with van der Waals surface area (Å²) in [5, 5.41) is 3.72. The average molecular weight is 420 g/mol. The molecule has 29 heavy (non-hydrogen) atoms. The quantitative estimate of drug-likeness (QED) is 0.537. The maximum Gasteiger partial charge on any atom is 0.158 e. The molecule has 1 spiro atoms. The fourth-order valence-corrected chi connectivity index (χ4v) is 5.43. The highest BCUT2D eigenvalue weighted by Crippen LogP contribution is 2.49. The van der Waals surface area contributed by atoms with Crippen LogP contribution in [0.15, 0.2) is 47.0 Å². The Kier molecular flexibility index (Phi) is 6.28. The van der Waals surface area contributed by atoms with Crippen LogP contribution in [-0.2, 0) is 10.2 Å². The third-order valence-corrected chi connectivity index (χ3v) is 7.28. The van der Waals surface area contributed by atoms with Gasteiger partial charge >= 0.3 is 0 Å². The molecule has 2 fully saturated rings. The summed E-state index contributed by atoms with van der Waals surface area (Å²) in [6.45, 7) is 3.00. The van der Waals surface area contributed by atoms with Crippen molar-refractivity contribution in [2.45, 2.75) is 56.0 Å². The van der Waals surface area contributed by atoms with Gasteiger partial charge in [0.25, 0.3) is 0 Å². The minimum absolute atomic E-state index is 0.0368. The molecule has 3 heterocycles. The highest BCUT2D eigenvalue weighted by atomic mass is 35.5. The van der Waals surface area contributed by atoms with Crippen molar-refractivity contribution in [2.24, 2.45) is 0 Å². The summed E-state index contributed by atoms with van der Waals surface area (Å²) in [4.78, 5) is 6.50. The molecule has 0 radical (unpaired) electrons. The van der Waals surface area contributed by atoms with Gasteiger partial charge in [-0.05, 0) is 62.4 Å². The zero-order valence-corrected chi connectivity index (χ0v) is 18.0. The van der Waals surface area contributed by atoms with Crippen LogP contribution in [0.25, 0.3) is 0 Å². The molecule has 0 aromatic carbocycles. The molecule has 4 rings (SSSR count). The van der Waals surface area contributed by atoms with Crippen molar-refractivity contribution >= 4 is 11.6 Å². The molecule has 3 aliphatic rings. The number of nitrogens with one attached hydrogen (secondary N) is 1. The van der Waals surface area contributed by atoms with Gasteiger partial charge in [0.15, 0.2) is 5.83 Å². The van der Waals surface area contributed by atoms with E-state index in [2.05, 4.69) is 17.4 Å². The van der Waals surface area contributed by atoms with Crippen LogP contribution >= 0.6 is 11.6 Å². The maximum absolute atomic E-state index is 13.9. The van der Waals surface area contributed by atoms with Gasteiger partial charge in [0.2, 0.25) is 0 Å². The second-order valence-electron chi connectivity index (χ2n) is 8.88. The Bertz CT molecular complexity index is 776. The van der Waals surface area contributed by atoms with Crippen LogP contribution < -0.4 is 5.32 Å². The van der Waals surface area contributed by atoms with E-state index in [1.807, 2.05) is 19.3 Å². The van der Waals surface area contributed by atoms with E-state index < -0.39 is 0 Å². The monoisotopic (exact) mass is 419 g/mol. The second kappa shape index (κ2) is 8.75. The van der Waals surface area contributed by atoms with Crippen molar-refractivity contribution in [1.82, 2.24) is 15.2 Å². The Morgan fingerprint density at radius 3 is 2.83 bits per heavy atom. The molecule has 0 unspecified atom stereocenters. The van der Waals surface area contributed by atoms with E-state index in [0.29, 0.717) is 13.1 Å². The summed E-state index contributed by atoms with van der Waals surface area (Å²) in [7, 11) is 1.81. The summed E-state index contributed by atoms with van der Waals surface area (Å²) in [5.74, 6) is -0.352. The highest BCUT2D eigenvalue weighted by Gasteiger charge is 2.48. The van der Waals surface area contributed by atoms with Gasteiger partial charge in [-0.15, -0.1) is 0 Å². The first kappa shape index (κ1) is 20.8. The number of rotatable bonds is 6. The molecular weight excluding hydrogens is 389 g/mol. The molecule has 1 aromatic heterocycles. The summed E-state index contributed by atoms with van der Waals surface area (Å²) in [5.41, 5.74) is 2.28. The third kappa shape index (κ3) is 4.52. The molecule has 1 saturated heterocycles. The van der Waals surface area contributed by atoms with E-state index in [4.69, 9.17) is 21.3 Å². The Labute approximate surface area is 178 Å². The van der Waals surface area contributed by atoms with Crippen LogP contribution in [0.5, 0.6) is 0 Å². The SMILES string of the molecule is CN1CC(CNCC[C@@]2(c3ccccn3)CCOC3(CCCC3)C2)=CC(F)=C1Cl. The lowest BCUT2D eigenvalue weighted by molar-refractivity contribution is -0.104. The number of nitrogens with zero attached hydrogens (tertiary/aromatic N) is 2. The van der Waals surface area contributed by atoms with Crippen molar-refractivity contribution < 1.29 is 9.13 Å². The number of pyridine rings is 1. The predicted octanol–water partition coefficient (Wildman–Crippen LogP) is 4.67. The summed E-state index contributed by atoms with van der Waals surface area (Å²) in [6, 6.07) is 6.25. The van der Waals surface area contributed by atoms with Crippen LogP contribution in [0.1, 0.15) is 50.6 Å². The molecule has 158 valence electrons. The van der Waals surface area contributed by atoms with Gasteiger partial charge in [-0.3, -0.25) is 4.98 Å². The van der Waals surface area contributed by atoms with Crippen molar-refractivity contribution in [1.29, 1.82) is 0 Å². The lowest BCUT2D eigenvalue weighted by Gasteiger charge is -2.46. The normalized spacial score (nSPS) is 26.9. The summed E-state index contributed by atoms with van der Waals surface area (Å²) >= 11 is 5.94. The molecule has 1 N–H and O–H groups in total. The van der Waals surface area contributed by atoms with E-state index >= 15 is 0 Å². The molecule has 1 saturated carbocycles. The van der Waals surface area contributed by atoms with Crippen molar-refractivity contribution in [3.8, 4) is 0 Å². The molecule has 6 heteroatoms. The van der Waals surface area contributed by atoms with Crippen LogP contribution in [-0.4, -0.2) is 48.8 Å². The van der Waals surface area contributed by atoms with E-state index in [1.165, 1.54) is 31.4 Å². The zero-order valence-electron chi connectivity index (χ0n) is 17.2. The number of hydrogen-bond donors (Lipinski definition) is 1. The van der Waals surface area contributed by atoms with Crippen LogP contribution in [0.3, 0.4) is 0 Å². The first-order chi connectivity index (χ1) is 14.0. The topological polar surface area (TPSA) is 37.4 Å². The molecule has 1 aromatic rings. The highest BCUT2D eigenvalue weighted by molar-refractivity contribution is 6.29. The number of likely N-dealkylation sites (N-methyl/N-ethyl adjacent to an activating group) is 1. The minimum Gasteiger partial charge on any atom is -0.375 e. The molecule has 4 nitrogen and oxygen atoms in total. The van der Waals surface area contributed by atoms with Gasteiger partial charge in [-0.2, -0.15) is 0 Å². The molecule has 1 aliphatic carbocycles. The lowest BCUT2D eigenvalue weighted by Crippen LogP contribution is -2.47. The Hall–Kier alpha value is -1.43. The van der Waals surface area contributed by atoms with Gasteiger partial charge in [0, 0.05) is 44.0 Å². The fourth-order valence-electron chi connectivity index (χ4n) is 5.32. The lowest BCUT2D eigenvalue weighted by atomic mass is 9.68. The number of halogens is 2. The van der Waals surface area contributed by atoms with Gasteiger partial charge < -0.3 is 15.0 Å². The second-order valence-corrected chi connectivity index (χ2v) is 9.24. The van der Waals surface area contributed by atoms with E-state index in [1.54, 1.807) is 11.0 Å². The van der Waals surface area contributed by atoms with Gasteiger partial charge in [0.1, 0.15) is 5.16 Å². The Balaban J connectivity index is 1.43. The molecule has 1 atom stereocenters. The van der Waals surface area contributed by atoms with Crippen LogP contribution in [0.4, 0.5) is 4.39 Å². The number of ether oxygens (including phenoxy) is 1. The summed E-state index contributed by atoms with van der Waals surface area (Å²) in [6.07, 6.45) is 11.4. The minimum atomic E-state index is -0.352. The first-order valence-electron chi connectivity index (χ1n) is 10.7. The third-order valence-electron chi connectivity index (χ3n) is 6.81. The maximum atomic E-state index is 13.9. The predicted molar refractivity (Wildman–Crippen MR) is 114 cm³/mol. The average Bonchev–Trinajstić information content (AvgIpc) is 3.17. The van der Waals surface area contributed by atoms with E-state index in [0.717, 1.165) is 38.0 Å². The van der Waals surface area contributed by atoms with Gasteiger partial charge in [-0.1, -0.05) is 30.5 Å². The fraction of sp³-hybridized carbons (Fsp3) is 0.609. The zero-order chi connectivity index (χ0) is 20.3. The summed E-state index contributed by atoms with van der Waals surface area (Å²) < 4.78 is 20.2. The smallest absolute Gasteiger partial charge is 0.158 e. The van der Waals surface area contributed by atoms with Gasteiger partial charge in [-0.25, -0.2) is 4.39 Å². The van der Waals surface area contributed by atoms with Crippen molar-refractivity contribution in [3.05, 3.63) is 52.7 Å². The number of allylic oxidation sites excluding steroid dienone is 2. The van der Waals surface area contributed by atoms with E-state index in [9.17, 15) is 4.39 Å². The number of aromatic nitrogens is 1. The molecule has 0 bridgehead atoms. The van der Waals surface area contributed by atoms with Crippen molar-refractivity contribution in [2.75, 3.05) is 33.3 Å². The number of hydrogen-bond acceptors (Lipinski definition) is 4. The van der Waals surface area contributed by atoms with Crippen molar-refractivity contribution in [3.63, 3.8) is 0 Å². The largest absolute Gasteiger partial charge is 0.375 e. The van der Waals surface area contributed by atoms with E-state index in [-0.39, 0.29) is 22.0 Å². The Morgan fingerprint density at radius 2 is 2.10 bits per heavy atom. The van der Waals surface area contributed by atoms with Crippen LogP contribution in [0, 0.1) is 0 Å². The molecule has 0 amide bonds.